The minimum absolute atomic E-state index is 0.103. The van der Waals surface area contributed by atoms with Gasteiger partial charge in [-0.25, -0.2) is 4.39 Å². The Bertz CT molecular complexity index is 747. The molecule has 150 valence electrons. The minimum atomic E-state index is -0.103. The van der Waals surface area contributed by atoms with Gasteiger partial charge in [0.15, 0.2) is 0 Å². The standard InChI is InChI=1S/C24H32FN3/c25-23-7-6-8-24(28-15-4-5-16-28)22(23)18-26-17-20-9-11-21(12-10-20)19-27-13-2-1-3-14-27/h6-12,26H,1-5,13-19H2. The summed E-state index contributed by atoms with van der Waals surface area (Å²) in [6.45, 7) is 6.91. The minimum Gasteiger partial charge on any atom is -0.371 e. The van der Waals surface area contributed by atoms with Crippen LogP contribution >= 0.6 is 0 Å². The maximum atomic E-state index is 14.4. The number of piperidine rings is 1. The Morgan fingerprint density at radius 3 is 2.18 bits per heavy atom. The summed E-state index contributed by atoms with van der Waals surface area (Å²) >= 11 is 0. The van der Waals surface area contributed by atoms with Crippen LogP contribution in [-0.2, 0) is 19.6 Å². The van der Waals surface area contributed by atoms with E-state index in [1.165, 1.54) is 56.3 Å². The van der Waals surface area contributed by atoms with Gasteiger partial charge in [-0.1, -0.05) is 36.8 Å². The van der Waals surface area contributed by atoms with Gasteiger partial charge in [0.05, 0.1) is 0 Å². The number of halogens is 1. The average Bonchev–Trinajstić information content (AvgIpc) is 3.26. The summed E-state index contributed by atoms with van der Waals surface area (Å²) in [4.78, 5) is 4.87. The fourth-order valence-electron chi connectivity index (χ4n) is 4.45. The third kappa shape index (κ3) is 4.92. The smallest absolute Gasteiger partial charge is 0.129 e. The second kappa shape index (κ2) is 9.53. The van der Waals surface area contributed by atoms with E-state index >= 15 is 0 Å². The summed E-state index contributed by atoms with van der Waals surface area (Å²) in [7, 11) is 0. The fraction of sp³-hybridized carbons (Fsp3) is 0.500. The van der Waals surface area contributed by atoms with Crippen LogP contribution in [0.15, 0.2) is 42.5 Å². The van der Waals surface area contributed by atoms with Crippen molar-refractivity contribution in [3.63, 3.8) is 0 Å². The molecule has 0 aromatic heterocycles. The van der Waals surface area contributed by atoms with Crippen LogP contribution in [0.1, 0.15) is 48.8 Å². The van der Waals surface area contributed by atoms with Crippen LogP contribution < -0.4 is 10.2 Å². The van der Waals surface area contributed by atoms with E-state index in [0.29, 0.717) is 6.54 Å². The molecular formula is C24H32FN3. The number of benzene rings is 2. The van der Waals surface area contributed by atoms with Crippen LogP contribution in [0.5, 0.6) is 0 Å². The summed E-state index contributed by atoms with van der Waals surface area (Å²) in [5.41, 5.74) is 4.49. The molecule has 2 heterocycles. The first-order chi connectivity index (χ1) is 13.8. The topological polar surface area (TPSA) is 18.5 Å². The normalized spacial score (nSPS) is 18.0. The SMILES string of the molecule is Fc1cccc(N2CCCC2)c1CNCc1ccc(CN2CCCCC2)cc1. The molecule has 0 saturated carbocycles. The number of anilines is 1. The molecule has 4 heteroatoms. The Kier molecular flexibility index (Phi) is 6.61. The molecule has 28 heavy (non-hydrogen) atoms. The van der Waals surface area contributed by atoms with Crippen molar-refractivity contribution in [2.24, 2.45) is 0 Å². The molecule has 4 rings (SSSR count). The lowest BCUT2D eigenvalue weighted by Gasteiger charge is -2.26. The lowest BCUT2D eigenvalue weighted by Crippen LogP contribution is -2.29. The molecule has 0 radical (unpaired) electrons. The van der Waals surface area contributed by atoms with Crippen LogP contribution in [0.3, 0.4) is 0 Å². The monoisotopic (exact) mass is 381 g/mol. The van der Waals surface area contributed by atoms with Gasteiger partial charge < -0.3 is 10.2 Å². The van der Waals surface area contributed by atoms with Crippen molar-refractivity contribution in [2.45, 2.75) is 51.7 Å². The third-order valence-electron chi connectivity index (χ3n) is 6.05. The van der Waals surface area contributed by atoms with Crippen LogP contribution in [0.4, 0.5) is 10.1 Å². The Hall–Kier alpha value is -1.91. The number of hydrogen-bond acceptors (Lipinski definition) is 3. The van der Waals surface area contributed by atoms with E-state index in [2.05, 4.69) is 45.4 Å². The summed E-state index contributed by atoms with van der Waals surface area (Å²) in [6, 6.07) is 14.3. The lowest BCUT2D eigenvalue weighted by atomic mass is 10.1. The van der Waals surface area contributed by atoms with Crippen LogP contribution in [0.2, 0.25) is 0 Å². The molecule has 2 aliphatic heterocycles. The predicted octanol–water partition coefficient (Wildman–Crippen LogP) is 4.70. The average molecular weight is 382 g/mol. The zero-order chi connectivity index (χ0) is 19.2. The highest BCUT2D eigenvalue weighted by Gasteiger charge is 2.17. The molecule has 0 bridgehead atoms. The first-order valence-corrected chi connectivity index (χ1v) is 10.8. The van der Waals surface area contributed by atoms with Crippen LogP contribution in [-0.4, -0.2) is 31.1 Å². The summed E-state index contributed by atoms with van der Waals surface area (Å²) in [5.74, 6) is -0.103. The largest absolute Gasteiger partial charge is 0.371 e. The first kappa shape index (κ1) is 19.4. The van der Waals surface area contributed by atoms with Crippen molar-refractivity contribution in [1.29, 1.82) is 0 Å². The Balaban J connectivity index is 1.31. The molecule has 2 saturated heterocycles. The van der Waals surface area contributed by atoms with E-state index in [1.54, 1.807) is 6.07 Å². The van der Waals surface area contributed by atoms with Crippen molar-refractivity contribution in [2.75, 3.05) is 31.1 Å². The van der Waals surface area contributed by atoms with Gasteiger partial charge in [-0.15, -0.1) is 0 Å². The summed E-state index contributed by atoms with van der Waals surface area (Å²) < 4.78 is 14.4. The van der Waals surface area contributed by atoms with Gasteiger partial charge in [0, 0.05) is 44.0 Å². The van der Waals surface area contributed by atoms with Gasteiger partial charge in [-0.05, 0) is 62.0 Å². The Labute approximate surface area is 168 Å². The molecule has 2 fully saturated rings. The molecule has 0 atom stereocenters. The molecule has 0 unspecified atom stereocenters. The number of nitrogens with zero attached hydrogens (tertiary/aromatic N) is 2. The van der Waals surface area contributed by atoms with Gasteiger partial charge in [-0.2, -0.15) is 0 Å². The number of hydrogen-bond donors (Lipinski definition) is 1. The molecule has 2 aromatic rings. The second-order valence-corrected chi connectivity index (χ2v) is 8.19. The van der Waals surface area contributed by atoms with E-state index in [4.69, 9.17) is 0 Å². The van der Waals surface area contributed by atoms with Gasteiger partial charge in [0.25, 0.3) is 0 Å². The van der Waals surface area contributed by atoms with E-state index in [1.807, 2.05) is 6.07 Å². The molecular weight excluding hydrogens is 349 g/mol. The highest BCUT2D eigenvalue weighted by molar-refractivity contribution is 5.54. The van der Waals surface area contributed by atoms with Crippen molar-refractivity contribution in [3.05, 3.63) is 65.0 Å². The Morgan fingerprint density at radius 2 is 1.43 bits per heavy atom. The van der Waals surface area contributed by atoms with E-state index in [0.717, 1.165) is 37.4 Å². The van der Waals surface area contributed by atoms with Gasteiger partial charge in [0.1, 0.15) is 5.82 Å². The van der Waals surface area contributed by atoms with E-state index < -0.39 is 0 Å². The maximum absolute atomic E-state index is 14.4. The number of likely N-dealkylation sites (tertiary alicyclic amines) is 1. The summed E-state index contributed by atoms with van der Waals surface area (Å²) in [5, 5.41) is 3.45. The second-order valence-electron chi connectivity index (χ2n) is 8.19. The van der Waals surface area contributed by atoms with Crippen molar-refractivity contribution in [1.82, 2.24) is 10.2 Å². The molecule has 2 aliphatic rings. The predicted molar refractivity (Wildman–Crippen MR) is 114 cm³/mol. The lowest BCUT2D eigenvalue weighted by molar-refractivity contribution is 0.221. The van der Waals surface area contributed by atoms with Gasteiger partial charge >= 0.3 is 0 Å². The zero-order valence-corrected chi connectivity index (χ0v) is 16.8. The Morgan fingerprint density at radius 1 is 0.750 bits per heavy atom. The highest BCUT2D eigenvalue weighted by atomic mass is 19.1. The molecule has 3 nitrogen and oxygen atoms in total. The molecule has 2 aromatic carbocycles. The van der Waals surface area contributed by atoms with Crippen molar-refractivity contribution in [3.8, 4) is 0 Å². The molecule has 0 spiro atoms. The number of nitrogens with one attached hydrogen (secondary N) is 1. The van der Waals surface area contributed by atoms with Crippen molar-refractivity contribution >= 4 is 5.69 Å². The molecule has 0 amide bonds. The van der Waals surface area contributed by atoms with Crippen molar-refractivity contribution < 1.29 is 4.39 Å². The van der Waals surface area contributed by atoms with Crippen LogP contribution in [0.25, 0.3) is 0 Å². The first-order valence-electron chi connectivity index (χ1n) is 10.8. The van der Waals surface area contributed by atoms with Gasteiger partial charge in [-0.3, -0.25) is 4.90 Å². The zero-order valence-electron chi connectivity index (χ0n) is 16.8. The van der Waals surface area contributed by atoms with Gasteiger partial charge in [0.2, 0.25) is 0 Å². The molecule has 1 N–H and O–H groups in total. The third-order valence-corrected chi connectivity index (χ3v) is 6.05. The number of rotatable bonds is 7. The van der Waals surface area contributed by atoms with Crippen LogP contribution in [0, 0.1) is 5.82 Å². The highest BCUT2D eigenvalue weighted by Crippen LogP contribution is 2.26. The van der Waals surface area contributed by atoms with E-state index in [-0.39, 0.29) is 5.82 Å². The molecule has 0 aliphatic carbocycles. The quantitative estimate of drug-likeness (QED) is 0.750. The maximum Gasteiger partial charge on any atom is 0.129 e. The fourth-order valence-corrected chi connectivity index (χ4v) is 4.45. The van der Waals surface area contributed by atoms with E-state index in [9.17, 15) is 4.39 Å². The summed E-state index contributed by atoms with van der Waals surface area (Å²) in [6.07, 6.45) is 6.44.